The summed E-state index contributed by atoms with van der Waals surface area (Å²) in [5.74, 6) is -46.6. The lowest BCUT2D eigenvalue weighted by molar-refractivity contribution is -0.475. The summed E-state index contributed by atoms with van der Waals surface area (Å²) in [6.07, 6.45) is -1.66. The number of ketones is 1. The first kappa shape index (κ1) is 23.2. The number of benzene rings is 1. The molecule has 2 aliphatic carbocycles. The Morgan fingerprint density at radius 3 is 1.61 bits per heavy atom. The molecule has 0 saturated heterocycles. The average molecular weight is 475 g/mol. The van der Waals surface area contributed by atoms with E-state index in [1.165, 1.54) is 0 Å². The van der Waals surface area contributed by atoms with Crippen LogP contribution < -0.4 is 5.11 Å². The molecular formula is C16H4F13O2-. The molecular weight excluding hydrogens is 471 g/mol. The van der Waals surface area contributed by atoms with Gasteiger partial charge in [-0.2, -0.15) is 43.9 Å². The number of alkyl halides is 11. The van der Waals surface area contributed by atoms with Gasteiger partial charge in [0.05, 0.1) is 0 Å². The monoisotopic (exact) mass is 475 g/mol. The molecule has 15 heteroatoms. The highest BCUT2D eigenvalue weighted by molar-refractivity contribution is 6.10. The van der Waals surface area contributed by atoms with Crippen LogP contribution in [0.15, 0.2) is 17.7 Å². The highest BCUT2D eigenvalue weighted by Crippen LogP contribution is 2.70. The summed E-state index contributed by atoms with van der Waals surface area (Å²) in [6.45, 7) is 0. The summed E-state index contributed by atoms with van der Waals surface area (Å²) in [5, 5.41) is 12.0. The van der Waals surface area contributed by atoms with Crippen LogP contribution in [0.2, 0.25) is 0 Å². The van der Waals surface area contributed by atoms with Crippen molar-refractivity contribution < 1.29 is 67.0 Å². The zero-order valence-electron chi connectivity index (χ0n) is 14.1. The second kappa shape index (κ2) is 5.85. The first-order chi connectivity index (χ1) is 13.7. The molecule has 0 heterocycles. The topological polar surface area (TPSA) is 40.1 Å². The minimum absolute atomic E-state index is 0.0530. The molecule has 0 amide bonds. The van der Waals surface area contributed by atoms with Crippen molar-refractivity contribution in [3.63, 3.8) is 0 Å². The van der Waals surface area contributed by atoms with Gasteiger partial charge in [-0.15, -0.1) is 0 Å². The number of Topliss-reactive ketones (excluding diaryl/α,β-unsaturated/α-hetero) is 1. The fraction of sp³-hybridized carbons (Fsp3) is 0.438. The molecule has 0 bridgehead atoms. The minimum Gasteiger partial charge on any atom is -0.872 e. The predicted octanol–water partition coefficient (Wildman–Crippen LogP) is 4.06. The lowest BCUT2D eigenvalue weighted by Crippen LogP contribution is -2.85. The third-order valence-corrected chi connectivity index (χ3v) is 5.06. The van der Waals surface area contributed by atoms with E-state index in [9.17, 15) is 67.0 Å². The summed E-state index contributed by atoms with van der Waals surface area (Å²) in [6, 6.07) is 0.192. The molecule has 1 fully saturated rings. The number of hydrogen-bond donors (Lipinski definition) is 0. The number of fused-ring (bicyclic) bond motifs is 1. The molecule has 3 rings (SSSR count). The van der Waals surface area contributed by atoms with Crippen molar-refractivity contribution in [2.75, 3.05) is 0 Å². The lowest BCUT2D eigenvalue weighted by Gasteiger charge is -2.51. The quantitative estimate of drug-likeness (QED) is 0.606. The van der Waals surface area contributed by atoms with Gasteiger partial charge in [-0.05, 0) is 22.8 Å². The smallest absolute Gasteiger partial charge is 0.384 e. The van der Waals surface area contributed by atoms with Gasteiger partial charge in [-0.1, -0.05) is 5.76 Å². The van der Waals surface area contributed by atoms with Gasteiger partial charge in [0.1, 0.15) is 11.6 Å². The van der Waals surface area contributed by atoms with Crippen molar-refractivity contribution in [3.05, 3.63) is 40.5 Å². The van der Waals surface area contributed by atoms with E-state index in [0.717, 1.165) is 0 Å². The van der Waals surface area contributed by atoms with Gasteiger partial charge in [0.15, 0.2) is 0 Å². The van der Waals surface area contributed by atoms with E-state index >= 15 is 0 Å². The first-order valence-electron chi connectivity index (χ1n) is 7.73. The van der Waals surface area contributed by atoms with Crippen molar-refractivity contribution in [3.8, 4) is 0 Å². The van der Waals surface area contributed by atoms with Crippen LogP contribution in [0.5, 0.6) is 0 Å². The highest BCUT2D eigenvalue weighted by atomic mass is 19.4. The Kier molecular flexibility index (Phi) is 4.38. The van der Waals surface area contributed by atoms with Crippen LogP contribution >= 0.6 is 0 Å². The molecule has 1 aromatic rings. The summed E-state index contributed by atoms with van der Waals surface area (Å²) >= 11 is 0. The Labute approximate surface area is 161 Å². The van der Waals surface area contributed by atoms with Crippen molar-refractivity contribution in [1.82, 2.24) is 0 Å². The van der Waals surface area contributed by atoms with Crippen molar-refractivity contribution in [1.29, 1.82) is 0 Å². The second-order valence-electron chi connectivity index (χ2n) is 6.76. The molecule has 2 aliphatic rings. The largest absolute Gasteiger partial charge is 0.872 e. The Morgan fingerprint density at radius 2 is 1.16 bits per heavy atom. The molecule has 0 aliphatic heterocycles. The molecule has 172 valence electrons. The Bertz CT molecular complexity index is 995. The van der Waals surface area contributed by atoms with E-state index in [1.807, 2.05) is 0 Å². The van der Waals surface area contributed by atoms with Crippen LogP contribution in [0.1, 0.15) is 11.1 Å². The van der Waals surface area contributed by atoms with E-state index in [4.69, 9.17) is 0 Å². The number of rotatable bonds is 2. The third kappa shape index (κ3) is 2.24. The standard InChI is InChI=1S/C16H5F13O2/c17-4-1-6-5(8(18)2-4)3-7(9(6)30)10(31)11(19)12(20,21)14(24,25)16(28,29)15(26,27)13(11,22)23/h1-2,30H,3H2/p-1. The minimum atomic E-state index is -7.54. The Morgan fingerprint density at radius 1 is 0.742 bits per heavy atom. The van der Waals surface area contributed by atoms with Crippen molar-refractivity contribution in [2.24, 2.45) is 0 Å². The molecule has 0 atom stereocenters. The van der Waals surface area contributed by atoms with E-state index in [0.29, 0.717) is 0 Å². The lowest BCUT2D eigenvalue weighted by atomic mass is 9.69. The fourth-order valence-electron chi connectivity index (χ4n) is 3.30. The van der Waals surface area contributed by atoms with E-state index in [1.54, 1.807) is 0 Å². The predicted molar refractivity (Wildman–Crippen MR) is 70.6 cm³/mol. The van der Waals surface area contributed by atoms with Crippen LogP contribution in [-0.2, 0) is 11.2 Å². The van der Waals surface area contributed by atoms with Gasteiger partial charge in [0.2, 0.25) is 5.78 Å². The highest BCUT2D eigenvalue weighted by Gasteiger charge is 3.02. The number of carbonyl (C=O) groups is 1. The van der Waals surface area contributed by atoms with Gasteiger partial charge >= 0.3 is 35.3 Å². The van der Waals surface area contributed by atoms with Gasteiger partial charge in [-0.25, -0.2) is 13.2 Å². The SMILES string of the molecule is O=C(C1=C([O-])c2cc(F)cc(F)c2C1)C1(F)C(F)(F)C(F)(F)C(F)(F)C(F)(F)C1(F)F. The molecule has 31 heavy (non-hydrogen) atoms. The Balaban J connectivity index is 2.28. The van der Waals surface area contributed by atoms with Gasteiger partial charge in [0.25, 0.3) is 0 Å². The second-order valence-corrected chi connectivity index (χ2v) is 6.76. The molecule has 0 radical (unpaired) electrons. The maximum Gasteiger partial charge on any atom is 0.384 e. The average Bonchev–Trinajstić information content (AvgIpc) is 2.95. The van der Waals surface area contributed by atoms with E-state index < -0.39 is 81.6 Å². The van der Waals surface area contributed by atoms with Crippen LogP contribution in [0.3, 0.4) is 0 Å². The summed E-state index contributed by atoms with van der Waals surface area (Å²) in [5.41, 5.74) is -11.5. The van der Waals surface area contributed by atoms with Crippen molar-refractivity contribution in [2.45, 2.75) is 41.7 Å². The molecule has 2 nitrogen and oxygen atoms in total. The Hall–Kier alpha value is -2.48. The molecule has 0 spiro atoms. The fourth-order valence-corrected chi connectivity index (χ4v) is 3.30. The third-order valence-electron chi connectivity index (χ3n) is 5.06. The van der Waals surface area contributed by atoms with Crippen molar-refractivity contribution >= 4 is 11.5 Å². The zero-order chi connectivity index (χ0) is 24.2. The number of carbonyl (C=O) groups excluding carboxylic acids is 1. The van der Waals surface area contributed by atoms with Gasteiger partial charge < -0.3 is 5.11 Å². The molecule has 0 unspecified atom stereocenters. The summed E-state index contributed by atoms with van der Waals surface area (Å²) in [4.78, 5) is 12.1. The normalized spacial score (nSPS) is 26.5. The molecule has 0 aromatic heterocycles. The van der Waals surface area contributed by atoms with Gasteiger partial charge in [0, 0.05) is 12.5 Å². The summed E-state index contributed by atoms with van der Waals surface area (Å²) in [7, 11) is 0. The molecule has 1 saturated carbocycles. The van der Waals surface area contributed by atoms with Gasteiger partial charge in [-0.3, -0.25) is 4.79 Å². The number of halogens is 13. The van der Waals surface area contributed by atoms with E-state index in [-0.39, 0.29) is 12.1 Å². The number of hydrogen-bond acceptors (Lipinski definition) is 2. The molecule has 0 N–H and O–H groups in total. The molecule has 1 aromatic carbocycles. The first-order valence-corrected chi connectivity index (χ1v) is 7.73. The zero-order valence-corrected chi connectivity index (χ0v) is 14.1. The van der Waals surface area contributed by atoms with Crippen LogP contribution in [0.4, 0.5) is 57.1 Å². The summed E-state index contributed by atoms with van der Waals surface area (Å²) < 4.78 is 178. The number of allylic oxidation sites excluding steroid dienone is 1. The van der Waals surface area contributed by atoms with Crippen LogP contribution in [0, 0.1) is 11.6 Å². The maximum atomic E-state index is 14.8. The maximum absolute atomic E-state index is 14.8. The van der Waals surface area contributed by atoms with Crippen LogP contribution in [-0.4, -0.2) is 41.1 Å². The van der Waals surface area contributed by atoms with E-state index in [2.05, 4.69) is 0 Å². The van der Waals surface area contributed by atoms with Crippen LogP contribution in [0.25, 0.3) is 5.76 Å².